The Labute approximate surface area is 146 Å². The van der Waals surface area contributed by atoms with Crippen molar-refractivity contribution in [1.82, 2.24) is 0 Å². The molecule has 128 valence electrons. The number of carbonyl (C=O) groups is 1. The molecular formula is C21H20O4. The van der Waals surface area contributed by atoms with Crippen LogP contribution in [0.15, 0.2) is 66.7 Å². The van der Waals surface area contributed by atoms with Crippen molar-refractivity contribution in [3.05, 3.63) is 72.3 Å². The van der Waals surface area contributed by atoms with E-state index in [1.54, 1.807) is 6.07 Å². The number of hydrogen-bond acceptors (Lipinski definition) is 3. The van der Waals surface area contributed by atoms with Gasteiger partial charge in [0.2, 0.25) is 0 Å². The smallest absolute Gasteiger partial charge is 0.345 e. The second-order valence-electron chi connectivity index (χ2n) is 5.73. The molecule has 3 aromatic carbocycles. The van der Waals surface area contributed by atoms with Crippen LogP contribution in [-0.4, -0.2) is 23.8 Å². The summed E-state index contributed by atoms with van der Waals surface area (Å²) in [5.41, 5.74) is 0.886. The highest BCUT2D eigenvalue weighted by Gasteiger charge is 2.20. The van der Waals surface area contributed by atoms with Crippen LogP contribution in [0.2, 0.25) is 0 Å². The van der Waals surface area contributed by atoms with E-state index in [4.69, 9.17) is 9.47 Å². The number of ether oxygens (including phenoxy) is 2. The van der Waals surface area contributed by atoms with Crippen LogP contribution in [0.5, 0.6) is 11.5 Å². The molecule has 4 nitrogen and oxygen atoms in total. The Hall–Kier alpha value is -3.01. The Morgan fingerprint density at radius 3 is 2.32 bits per heavy atom. The van der Waals surface area contributed by atoms with Gasteiger partial charge >= 0.3 is 5.97 Å². The van der Waals surface area contributed by atoms with E-state index in [1.165, 1.54) is 0 Å². The van der Waals surface area contributed by atoms with Gasteiger partial charge < -0.3 is 14.6 Å². The number of rotatable bonds is 7. The molecule has 3 rings (SSSR count). The zero-order chi connectivity index (χ0) is 17.6. The van der Waals surface area contributed by atoms with Crippen LogP contribution < -0.4 is 9.47 Å². The van der Waals surface area contributed by atoms with Gasteiger partial charge in [0.15, 0.2) is 6.10 Å². The minimum Gasteiger partial charge on any atom is -0.494 e. The van der Waals surface area contributed by atoms with Gasteiger partial charge in [-0.15, -0.1) is 0 Å². The lowest BCUT2D eigenvalue weighted by atomic mass is 10.1. The Morgan fingerprint density at radius 2 is 1.64 bits per heavy atom. The molecule has 0 heterocycles. The average Bonchev–Trinajstić information content (AvgIpc) is 2.63. The third kappa shape index (κ3) is 4.29. The molecule has 1 N–H and O–H groups in total. The SMILES string of the molecule is CCOc1ccc(C[C@@H](Oc2ccc3ccccc3c2)C(=O)O)cc1. The van der Waals surface area contributed by atoms with Gasteiger partial charge in [-0.1, -0.05) is 42.5 Å². The van der Waals surface area contributed by atoms with Gasteiger partial charge in [-0.25, -0.2) is 4.79 Å². The van der Waals surface area contributed by atoms with E-state index in [0.717, 1.165) is 22.1 Å². The fourth-order valence-electron chi connectivity index (χ4n) is 2.69. The first kappa shape index (κ1) is 16.8. The first-order chi connectivity index (χ1) is 12.2. The number of hydrogen-bond donors (Lipinski definition) is 1. The lowest BCUT2D eigenvalue weighted by molar-refractivity contribution is -0.145. The zero-order valence-corrected chi connectivity index (χ0v) is 14.0. The van der Waals surface area contributed by atoms with E-state index in [0.29, 0.717) is 12.4 Å². The highest BCUT2D eigenvalue weighted by molar-refractivity contribution is 5.84. The van der Waals surface area contributed by atoms with E-state index in [9.17, 15) is 9.90 Å². The molecule has 0 unspecified atom stereocenters. The monoisotopic (exact) mass is 336 g/mol. The minimum absolute atomic E-state index is 0.286. The summed E-state index contributed by atoms with van der Waals surface area (Å²) in [7, 11) is 0. The molecule has 1 atom stereocenters. The van der Waals surface area contributed by atoms with Crippen molar-refractivity contribution >= 4 is 16.7 Å². The van der Waals surface area contributed by atoms with E-state index in [2.05, 4.69) is 0 Å². The molecule has 25 heavy (non-hydrogen) atoms. The van der Waals surface area contributed by atoms with Crippen molar-refractivity contribution in [3.63, 3.8) is 0 Å². The average molecular weight is 336 g/mol. The summed E-state index contributed by atoms with van der Waals surface area (Å²) >= 11 is 0. The maximum absolute atomic E-state index is 11.6. The van der Waals surface area contributed by atoms with Crippen LogP contribution in [0.4, 0.5) is 0 Å². The van der Waals surface area contributed by atoms with Gasteiger partial charge in [-0.05, 0) is 47.5 Å². The lowest BCUT2D eigenvalue weighted by Crippen LogP contribution is -2.29. The molecule has 0 spiro atoms. The zero-order valence-electron chi connectivity index (χ0n) is 14.0. The Balaban J connectivity index is 1.74. The number of fused-ring (bicyclic) bond motifs is 1. The normalized spacial score (nSPS) is 11.9. The maximum Gasteiger partial charge on any atom is 0.345 e. The molecule has 0 saturated heterocycles. The van der Waals surface area contributed by atoms with Crippen molar-refractivity contribution in [2.24, 2.45) is 0 Å². The molecule has 0 saturated carbocycles. The first-order valence-corrected chi connectivity index (χ1v) is 8.25. The second kappa shape index (κ2) is 7.71. The van der Waals surface area contributed by atoms with Crippen LogP contribution in [-0.2, 0) is 11.2 Å². The summed E-state index contributed by atoms with van der Waals surface area (Å²) in [6.45, 7) is 2.52. The molecule has 0 fully saturated rings. The molecule has 0 bridgehead atoms. The lowest BCUT2D eigenvalue weighted by Gasteiger charge is -2.16. The predicted molar refractivity (Wildman–Crippen MR) is 97.3 cm³/mol. The third-order valence-corrected chi connectivity index (χ3v) is 3.93. The molecule has 0 radical (unpaired) electrons. The number of carboxylic acids is 1. The second-order valence-corrected chi connectivity index (χ2v) is 5.73. The van der Waals surface area contributed by atoms with Crippen molar-refractivity contribution in [3.8, 4) is 11.5 Å². The summed E-state index contributed by atoms with van der Waals surface area (Å²) in [5, 5.41) is 11.6. The van der Waals surface area contributed by atoms with E-state index in [1.807, 2.05) is 67.6 Å². The fraction of sp³-hybridized carbons (Fsp3) is 0.190. The topological polar surface area (TPSA) is 55.8 Å². The summed E-state index contributed by atoms with van der Waals surface area (Å²) < 4.78 is 11.1. The van der Waals surface area contributed by atoms with Crippen LogP contribution in [0.1, 0.15) is 12.5 Å². The Bertz CT molecular complexity index is 855. The van der Waals surface area contributed by atoms with Crippen LogP contribution >= 0.6 is 0 Å². The standard InChI is InChI=1S/C21H20O4/c1-2-24-18-10-7-15(8-11-18)13-20(21(22)23)25-19-12-9-16-5-3-4-6-17(16)14-19/h3-12,14,20H,2,13H2,1H3,(H,22,23)/t20-/m1/s1. The maximum atomic E-state index is 11.6. The van der Waals surface area contributed by atoms with Crippen LogP contribution in [0, 0.1) is 0 Å². The van der Waals surface area contributed by atoms with Crippen LogP contribution in [0.3, 0.4) is 0 Å². The van der Waals surface area contributed by atoms with E-state index in [-0.39, 0.29) is 6.42 Å². The Kier molecular flexibility index (Phi) is 5.19. The van der Waals surface area contributed by atoms with Gasteiger partial charge in [-0.2, -0.15) is 0 Å². The highest BCUT2D eigenvalue weighted by Crippen LogP contribution is 2.22. The molecule has 4 heteroatoms. The van der Waals surface area contributed by atoms with Crippen LogP contribution in [0.25, 0.3) is 10.8 Å². The number of benzene rings is 3. The molecular weight excluding hydrogens is 316 g/mol. The Morgan fingerprint density at radius 1 is 0.960 bits per heavy atom. The van der Waals surface area contributed by atoms with E-state index >= 15 is 0 Å². The molecule has 0 aliphatic carbocycles. The summed E-state index contributed by atoms with van der Waals surface area (Å²) in [6, 6.07) is 20.9. The van der Waals surface area contributed by atoms with Crippen molar-refractivity contribution in [1.29, 1.82) is 0 Å². The van der Waals surface area contributed by atoms with Gasteiger partial charge in [0, 0.05) is 6.42 Å². The quantitative estimate of drug-likeness (QED) is 0.698. The molecule has 0 amide bonds. The van der Waals surface area contributed by atoms with Gasteiger partial charge in [0.05, 0.1) is 6.61 Å². The predicted octanol–water partition coefficient (Wildman–Crippen LogP) is 4.31. The third-order valence-electron chi connectivity index (χ3n) is 3.93. The summed E-state index contributed by atoms with van der Waals surface area (Å²) in [4.78, 5) is 11.6. The van der Waals surface area contributed by atoms with Gasteiger partial charge in [0.1, 0.15) is 11.5 Å². The highest BCUT2D eigenvalue weighted by atomic mass is 16.5. The molecule has 0 aliphatic rings. The molecule has 0 aromatic heterocycles. The molecule has 3 aromatic rings. The number of carboxylic acid groups (broad SMARTS) is 1. The van der Waals surface area contributed by atoms with Gasteiger partial charge in [-0.3, -0.25) is 0 Å². The van der Waals surface area contributed by atoms with Crippen molar-refractivity contribution in [2.75, 3.05) is 6.61 Å². The summed E-state index contributed by atoms with van der Waals surface area (Å²) in [6.07, 6.45) is -0.659. The minimum atomic E-state index is -0.984. The first-order valence-electron chi connectivity index (χ1n) is 8.25. The fourth-order valence-corrected chi connectivity index (χ4v) is 2.69. The van der Waals surface area contributed by atoms with Gasteiger partial charge in [0.25, 0.3) is 0 Å². The van der Waals surface area contributed by atoms with Crippen molar-refractivity contribution < 1.29 is 19.4 Å². The number of aliphatic carboxylic acids is 1. The van der Waals surface area contributed by atoms with Crippen molar-refractivity contribution in [2.45, 2.75) is 19.4 Å². The molecule has 0 aliphatic heterocycles. The largest absolute Gasteiger partial charge is 0.494 e. The summed E-state index contributed by atoms with van der Waals surface area (Å²) in [5.74, 6) is 0.340. The van der Waals surface area contributed by atoms with E-state index < -0.39 is 12.1 Å².